The van der Waals surface area contributed by atoms with Crippen LogP contribution in [0.2, 0.25) is 0 Å². The van der Waals surface area contributed by atoms with Gasteiger partial charge in [-0.25, -0.2) is 4.79 Å². The van der Waals surface area contributed by atoms with E-state index in [1.807, 2.05) is 0 Å². The average molecular weight is 257 g/mol. The summed E-state index contributed by atoms with van der Waals surface area (Å²) < 4.78 is 24.7. The number of carbonyl (C=O) groups is 1. The second-order valence-electron chi connectivity index (χ2n) is 4.18. The van der Waals surface area contributed by atoms with Crippen molar-refractivity contribution in [2.45, 2.75) is 12.5 Å². The van der Waals surface area contributed by atoms with Gasteiger partial charge >= 0.3 is 6.03 Å². The van der Waals surface area contributed by atoms with Crippen molar-refractivity contribution in [1.82, 2.24) is 0 Å². The van der Waals surface area contributed by atoms with Crippen LogP contribution in [0.1, 0.15) is 21.3 Å². The number of anilines is 2. The molecule has 0 saturated carbocycles. The number of nitrogens with zero attached hydrogens (tertiary/aromatic N) is 1. The normalized spacial score (nSPS) is 26.2. The molecular weight excluding hydrogens is 240 g/mol. The molecule has 4 nitrogen and oxygen atoms in total. The molecule has 1 unspecified atom stereocenters. The van der Waals surface area contributed by atoms with Gasteiger partial charge in [-0.05, 0) is 17.7 Å². The van der Waals surface area contributed by atoms with Gasteiger partial charge in [0.1, 0.15) is 0 Å². The first-order valence-corrected chi connectivity index (χ1v) is 5.79. The quantitative estimate of drug-likeness (QED) is 0.761. The number of hydrogen-bond donors (Lipinski definition) is 2. The van der Waals surface area contributed by atoms with E-state index >= 15 is 0 Å². The third-order valence-electron chi connectivity index (χ3n) is 3.02. The summed E-state index contributed by atoms with van der Waals surface area (Å²) in [6.07, 6.45) is -4.99. The molecule has 0 aliphatic carbocycles. The van der Waals surface area contributed by atoms with Gasteiger partial charge in [0.15, 0.2) is 0 Å². The molecule has 0 radical (unpaired) electrons. The van der Waals surface area contributed by atoms with E-state index in [0.29, 0.717) is 0 Å². The molecule has 0 aromatic heterocycles. The molecule has 0 fully saturated rings. The lowest BCUT2D eigenvalue weighted by atomic mass is 10.0. The number of para-hydroxylation sites is 2. The van der Waals surface area contributed by atoms with Crippen LogP contribution in [0.3, 0.4) is 0 Å². The zero-order valence-electron chi connectivity index (χ0n) is 13.0. The van der Waals surface area contributed by atoms with Crippen molar-refractivity contribution in [2.24, 2.45) is 5.73 Å². The molecule has 1 aliphatic heterocycles. The van der Waals surface area contributed by atoms with Gasteiger partial charge in [0, 0.05) is 14.7 Å². The lowest BCUT2D eigenvalue weighted by Crippen LogP contribution is -2.32. The Hall–Kier alpha value is -2.33. The van der Waals surface area contributed by atoms with E-state index in [2.05, 4.69) is 0 Å². The maximum atomic E-state index is 11.9. The summed E-state index contributed by atoms with van der Waals surface area (Å²) in [5.41, 5.74) is 5.89. The zero-order chi connectivity index (χ0) is 16.1. The predicted molar refractivity (Wildman–Crippen MR) is 73.3 cm³/mol. The molecule has 0 bridgehead atoms. The van der Waals surface area contributed by atoms with Crippen LogP contribution in [0, 0.1) is 0 Å². The van der Waals surface area contributed by atoms with Gasteiger partial charge in [-0.2, -0.15) is 0 Å². The third kappa shape index (κ3) is 1.86. The van der Waals surface area contributed by atoms with Crippen molar-refractivity contribution >= 4 is 17.4 Å². The number of rotatable bonds is 0. The molecule has 0 spiro atoms. The maximum absolute atomic E-state index is 11.9. The van der Waals surface area contributed by atoms with E-state index in [1.165, 1.54) is 24.3 Å². The number of nitrogens with two attached hydrogens (primary N) is 1. The number of amides is 2. The van der Waals surface area contributed by atoms with Crippen LogP contribution in [-0.2, 0) is 6.37 Å². The lowest BCUT2D eigenvalue weighted by Gasteiger charge is -2.22. The van der Waals surface area contributed by atoms with E-state index in [-0.39, 0.29) is 22.5 Å². The molecule has 4 heteroatoms. The number of aliphatic hydroxyl groups is 1. The van der Waals surface area contributed by atoms with Crippen LogP contribution in [0.4, 0.5) is 16.2 Å². The molecule has 2 aromatic rings. The molecule has 1 aliphatic rings. The minimum Gasteiger partial charge on any atom is -0.388 e. The van der Waals surface area contributed by atoms with Crippen LogP contribution in [0.25, 0.3) is 0 Å². The Bertz CT molecular complexity index is 704. The van der Waals surface area contributed by atoms with Gasteiger partial charge in [-0.3, -0.25) is 4.90 Å². The first kappa shape index (κ1) is 8.72. The number of carbonyl (C=O) groups excluding carboxylic acids is 1. The topological polar surface area (TPSA) is 66.6 Å². The van der Waals surface area contributed by atoms with Crippen LogP contribution in [-0.4, -0.2) is 11.1 Å². The van der Waals surface area contributed by atoms with Crippen molar-refractivity contribution in [1.29, 1.82) is 0 Å². The monoisotopic (exact) mass is 257 g/mol. The Kier molecular flexibility index (Phi) is 2.02. The summed E-state index contributed by atoms with van der Waals surface area (Å²) in [7, 11) is 0. The summed E-state index contributed by atoms with van der Waals surface area (Å²) >= 11 is 0. The zero-order valence-corrected chi connectivity index (χ0v) is 10.00. The lowest BCUT2D eigenvalue weighted by molar-refractivity contribution is 0.180. The molecular formula is C15H14N2O2. The summed E-state index contributed by atoms with van der Waals surface area (Å²) in [6, 6.07) is 11.5. The van der Waals surface area contributed by atoms with E-state index < -0.39 is 18.5 Å². The highest BCUT2D eigenvalue weighted by atomic mass is 16.3. The van der Waals surface area contributed by atoms with Crippen LogP contribution in [0.5, 0.6) is 0 Å². The van der Waals surface area contributed by atoms with Crippen molar-refractivity contribution < 1.29 is 14.0 Å². The maximum Gasteiger partial charge on any atom is 0.323 e. The summed E-state index contributed by atoms with van der Waals surface area (Å²) in [4.78, 5) is 13.1. The second kappa shape index (κ2) is 4.40. The average Bonchev–Trinajstić information content (AvgIpc) is 2.52. The van der Waals surface area contributed by atoms with E-state index in [0.717, 1.165) is 4.90 Å². The van der Waals surface area contributed by atoms with Gasteiger partial charge in [0.05, 0.1) is 18.8 Å². The van der Waals surface area contributed by atoms with E-state index in [4.69, 9.17) is 9.85 Å². The Balaban J connectivity index is 2.46. The minimum atomic E-state index is -2.57. The van der Waals surface area contributed by atoms with Crippen molar-refractivity contribution in [2.75, 3.05) is 4.90 Å². The molecule has 1 atom stereocenters. The highest BCUT2D eigenvalue weighted by molar-refractivity contribution is 6.00. The molecule has 96 valence electrons. The SMILES string of the molecule is [2H]C1([2H])c2ccccc2N(C(N)=O)c2ccccc2C1([2H])O. The fraction of sp³-hybridized carbons (Fsp3) is 0.133. The number of fused-ring (bicyclic) bond motifs is 2. The standard InChI is InChI=1S/C15H14N2O2/c16-15(19)17-12-7-3-1-5-10(12)9-14(18)11-6-2-4-8-13(11)17/h1-8,14,18H,9H2,(H2,16,19)/i9D2,14D. The smallest absolute Gasteiger partial charge is 0.323 e. The summed E-state index contributed by atoms with van der Waals surface area (Å²) in [5, 5.41) is 10.6. The highest BCUT2D eigenvalue weighted by Gasteiger charge is 2.27. The first-order valence-electron chi connectivity index (χ1n) is 7.29. The summed E-state index contributed by atoms with van der Waals surface area (Å²) in [6.45, 7) is 0. The minimum absolute atomic E-state index is 0.0185. The fourth-order valence-corrected chi connectivity index (χ4v) is 2.21. The fourth-order valence-electron chi connectivity index (χ4n) is 2.21. The van der Waals surface area contributed by atoms with Crippen molar-refractivity contribution in [3.63, 3.8) is 0 Å². The Morgan fingerprint density at radius 1 is 1.26 bits per heavy atom. The van der Waals surface area contributed by atoms with Crippen LogP contribution >= 0.6 is 0 Å². The predicted octanol–water partition coefficient (Wildman–Crippen LogP) is 2.49. The molecule has 2 aromatic carbocycles. The van der Waals surface area contributed by atoms with Crippen LogP contribution in [0.15, 0.2) is 48.5 Å². The van der Waals surface area contributed by atoms with Gasteiger partial charge in [0.2, 0.25) is 0 Å². The third-order valence-corrected chi connectivity index (χ3v) is 3.02. The van der Waals surface area contributed by atoms with Gasteiger partial charge in [-0.1, -0.05) is 36.4 Å². The number of urea groups is 1. The van der Waals surface area contributed by atoms with Gasteiger partial charge in [-0.15, -0.1) is 0 Å². The summed E-state index contributed by atoms with van der Waals surface area (Å²) in [5.74, 6) is 0. The number of benzene rings is 2. The molecule has 0 saturated heterocycles. The molecule has 1 heterocycles. The van der Waals surface area contributed by atoms with E-state index in [9.17, 15) is 9.90 Å². The molecule has 19 heavy (non-hydrogen) atoms. The Morgan fingerprint density at radius 3 is 2.63 bits per heavy atom. The Labute approximate surface area is 115 Å². The van der Waals surface area contributed by atoms with Crippen molar-refractivity contribution in [3.8, 4) is 0 Å². The van der Waals surface area contributed by atoms with Crippen LogP contribution < -0.4 is 10.6 Å². The van der Waals surface area contributed by atoms with Gasteiger partial charge in [0.25, 0.3) is 0 Å². The number of primary amides is 1. The molecule has 3 N–H and O–H groups in total. The first-order chi connectivity index (χ1) is 10.3. The van der Waals surface area contributed by atoms with Gasteiger partial charge < -0.3 is 10.8 Å². The van der Waals surface area contributed by atoms with Crippen molar-refractivity contribution in [3.05, 3.63) is 59.7 Å². The largest absolute Gasteiger partial charge is 0.388 e. The van der Waals surface area contributed by atoms with E-state index in [1.54, 1.807) is 24.3 Å². The Morgan fingerprint density at radius 2 is 1.89 bits per heavy atom. The molecule has 2 amide bonds. The highest BCUT2D eigenvalue weighted by Crippen LogP contribution is 2.39. The number of hydrogen-bond acceptors (Lipinski definition) is 2. The molecule has 3 rings (SSSR count). The second-order valence-corrected chi connectivity index (χ2v) is 4.18.